The standard InChI is InChI=1S/C13H16N4O2/c1-3-19-12(18)6-9-17(2)11-5-4-10-13(16-11)15-8-7-14-10/h4-5,7-8H,3,6,9H2,1-2H3. The van der Waals surface area contributed by atoms with Crippen LogP contribution in [0.2, 0.25) is 0 Å². The monoisotopic (exact) mass is 260 g/mol. The Morgan fingerprint density at radius 3 is 2.89 bits per heavy atom. The molecule has 6 nitrogen and oxygen atoms in total. The summed E-state index contributed by atoms with van der Waals surface area (Å²) in [5.74, 6) is 0.562. The third-order valence-electron chi connectivity index (χ3n) is 2.66. The smallest absolute Gasteiger partial charge is 0.307 e. The average molecular weight is 260 g/mol. The molecule has 0 saturated carbocycles. The number of anilines is 1. The van der Waals surface area contributed by atoms with Crippen molar-refractivity contribution in [2.75, 3.05) is 25.1 Å². The average Bonchev–Trinajstić information content (AvgIpc) is 2.44. The largest absolute Gasteiger partial charge is 0.466 e. The van der Waals surface area contributed by atoms with E-state index in [1.165, 1.54) is 0 Å². The van der Waals surface area contributed by atoms with Crippen LogP contribution in [0, 0.1) is 0 Å². The summed E-state index contributed by atoms with van der Waals surface area (Å²) in [5.41, 5.74) is 1.35. The number of nitrogens with zero attached hydrogens (tertiary/aromatic N) is 4. The molecule has 2 heterocycles. The van der Waals surface area contributed by atoms with E-state index in [2.05, 4.69) is 15.0 Å². The predicted octanol–water partition coefficient (Wildman–Crippen LogP) is 1.41. The van der Waals surface area contributed by atoms with Crippen molar-refractivity contribution < 1.29 is 9.53 Å². The number of carbonyl (C=O) groups is 1. The van der Waals surface area contributed by atoms with Crippen LogP contribution in [0.3, 0.4) is 0 Å². The summed E-state index contributed by atoms with van der Waals surface area (Å²) in [6.07, 6.45) is 3.58. The van der Waals surface area contributed by atoms with Crippen LogP contribution in [-0.2, 0) is 9.53 Å². The number of hydrogen-bond donors (Lipinski definition) is 0. The van der Waals surface area contributed by atoms with Crippen molar-refractivity contribution in [2.45, 2.75) is 13.3 Å². The number of carbonyl (C=O) groups excluding carboxylic acids is 1. The second kappa shape index (κ2) is 6.08. The van der Waals surface area contributed by atoms with Gasteiger partial charge in [-0.3, -0.25) is 9.78 Å². The highest BCUT2D eigenvalue weighted by Crippen LogP contribution is 2.13. The van der Waals surface area contributed by atoms with Gasteiger partial charge in [0.25, 0.3) is 0 Å². The third-order valence-corrected chi connectivity index (χ3v) is 2.66. The molecule has 0 saturated heterocycles. The summed E-state index contributed by atoms with van der Waals surface area (Å²) in [4.78, 5) is 25.9. The first kappa shape index (κ1) is 13.2. The van der Waals surface area contributed by atoms with Gasteiger partial charge in [0.15, 0.2) is 5.65 Å². The van der Waals surface area contributed by atoms with Crippen molar-refractivity contribution in [1.29, 1.82) is 0 Å². The minimum Gasteiger partial charge on any atom is -0.466 e. The van der Waals surface area contributed by atoms with Crippen LogP contribution in [-0.4, -0.2) is 41.1 Å². The van der Waals surface area contributed by atoms with Crippen molar-refractivity contribution in [2.24, 2.45) is 0 Å². The number of rotatable bonds is 5. The molecular weight excluding hydrogens is 244 g/mol. The lowest BCUT2D eigenvalue weighted by Crippen LogP contribution is -2.22. The number of hydrogen-bond acceptors (Lipinski definition) is 6. The molecule has 0 fully saturated rings. The third kappa shape index (κ3) is 3.37. The number of aromatic nitrogens is 3. The second-order valence-electron chi connectivity index (χ2n) is 4.05. The maximum absolute atomic E-state index is 11.3. The first-order valence-corrected chi connectivity index (χ1v) is 6.15. The molecule has 2 rings (SSSR count). The number of ether oxygens (including phenoxy) is 1. The Balaban J connectivity index is 2.04. The van der Waals surface area contributed by atoms with Crippen molar-refractivity contribution in [1.82, 2.24) is 15.0 Å². The van der Waals surface area contributed by atoms with Gasteiger partial charge in [0.1, 0.15) is 11.3 Å². The first-order valence-electron chi connectivity index (χ1n) is 6.15. The van der Waals surface area contributed by atoms with Gasteiger partial charge >= 0.3 is 5.97 Å². The molecule has 0 aliphatic heterocycles. The Morgan fingerprint density at radius 2 is 2.11 bits per heavy atom. The fraction of sp³-hybridized carbons (Fsp3) is 0.385. The van der Waals surface area contributed by atoms with Crippen LogP contribution in [0.4, 0.5) is 5.82 Å². The summed E-state index contributed by atoms with van der Waals surface area (Å²) in [5, 5.41) is 0. The molecule has 0 atom stereocenters. The molecule has 2 aromatic rings. The SMILES string of the molecule is CCOC(=O)CCN(C)c1ccc2nccnc2n1. The van der Waals surface area contributed by atoms with Crippen LogP contribution < -0.4 is 4.90 Å². The highest BCUT2D eigenvalue weighted by atomic mass is 16.5. The lowest BCUT2D eigenvalue weighted by molar-refractivity contribution is -0.142. The minimum atomic E-state index is -0.199. The maximum atomic E-state index is 11.3. The Hall–Kier alpha value is -2.24. The van der Waals surface area contributed by atoms with Crippen LogP contribution in [0.5, 0.6) is 0 Å². The highest BCUT2D eigenvalue weighted by Gasteiger charge is 2.08. The van der Waals surface area contributed by atoms with Gasteiger partial charge in [-0.15, -0.1) is 0 Å². The molecule has 19 heavy (non-hydrogen) atoms. The summed E-state index contributed by atoms with van der Waals surface area (Å²) in [6, 6.07) is 3.73. The topological polar surface area (TPSA) is 68.2 Å². The fourth-order valence-corrected chi connectivity index (χ4v) is 1.66. The molecule has 0 aliphatic carbocycles. The molecule has 2 aromatic heterocycles. The number of pyridine rings is 1. The molecule has 0 unspecified atom stereocenters. The van der Waals surface area contributed by atoms with E-state index < -0.39 is 0 Å². The van der Waals surface area contributed by atoms with E-state index in [0.717, 1.165) is 11.3 Å². The molecule has 0 aromatic carbocycles. The van der Waals surface area contributed by atoms with E-state index in [1.54, 1.807) is 19.3 Å². The second-order valence-corrected chi connectivity index (χ2v) is 4.05. The Kier molecular flexibility index (Phi) is 4.22. The minimum absolute atomic E-state index is 0.199. The van der Waals surface area contributed by atoms with Gasteiger partial charge in [0.2, 0.25) is 0 Å². The summed E-state index contributed by atoms with van der Waals surface area (Å²) < 4.78 is 4.89. The van der Waals surface area contributed by atoms with Gasteiger partial charge in [-0.25, -0.2) is 9.97 Å². The van der Waals surface area contributed by atoms with Crippen molar-refractivity contribution in [3.8, 4) is 0 Å². The van der Waals surface area contributed by atoms with Gasteiger partial charge < -0.3 is 9.64 Å². The lowest BCUT2D eigenvalue weighted by atomic mass is 10.3. The highest BCUT2D eigenvalue weighted by molar-refractivity contribution is 5.72. The zero-order chi connectivity index (χ0) is 13.7. The molecule has 0 bridgehead atoms. The Bertz CT molecular complexity index is 573. The Labute approximate surface area is 111 Å². The van der Waals surface area contributed by atoms with E-state index in [1.807, 2.05) is 24.1 Å². The Morgan fingerprint density at radius 1 is 1.32 bits per heavy atom. The van der Waals surface area contributed by atoms with E-state index in [9.17, 15) is 4.79 Å². The number of esters is 1. The quantitative estimate of drug-likeness (QED) is 0.757. The molecule has 0 N–H and O–H groups in total. The van der Waals surface area contributed by atoms with E-state index in [-0.39, 0.29) is 5.97 Å². The van der Waals surface area contributed by atoms with Gasteiger partial charge in [0.05, 0.1) is 13.0 Å². The lowest BCUT2D eigenvalue weighted by Gasteiger charge is -2.17. The fourth-order valence-electron chi connectivity index (χ4n) is 1.66. The van der Waals surface area contributed by atoms with Crippen LogP contribution in [0.15, 0.2) is 24.5 Å². The maximum Gasteiger partial charge on any atom is 0.307 e. The zero-order valence-corrected chi connectivity index (χ0v) is 11.0. The molecule has 0 spiro atoms. The van der Waals surface area contributed by atoms with E-state index >= 15 is 0 Å². The molecule has 100 valence electrons. The normalized spacial score (nSPS) is 10.4. The van der Waals surface area contributed by atoms with E-state index in [4.69, 9.17) is 4.74 Å². The summed E-state index contributed by atoms with van der Waals surface area (Å²) >= 11 is 0. The van der Waals surface area contributed by atoms with Crippen LogP contribution in [0.25, 0.3) is 11.2 Å². The van der Waals surface area contributed by atoms with Crippen LogP contribution >= 0.6 is 0 Å². The zero-order valence-electron chi connectivity index (χ0n) is 11.0. The molecule has 0 aliphatic rings. The van der Waals surface area contributed by atoms with Gasteiger partial charge in [-0.05, 0) is 19.1 Å². The number of fused-ring (bicyclic) bond motifs is 1. The summed E-state index contributed by atoms with van der Waals surface area (Å²) in [6.45, 7) is 2.76. The molecular formula is C13H16N4O2. The molecule has 6 heteroatoms. The summed E-state index contributed by atoms with van der Waals surface area (Å²) in [7, 11) is 1.88. The van der Waals surface area contributed by atoms with Crippen molar-refractivity contribution in [3.05, 3.63) is 24.5 Å². The van der Waals surface area contributed by atoms with Gasteiger partial charge in [0, 0.05) is 26.0 Å². The molecule has 0 radical (unpaired) electrons. The van der Waals surface area contributed by atoms with E-state index in [0.29, 0.717) is 25.2 Å². The van der Waals surface area contributed by atoms with Gasteiger partial charge in [-0.1, -0.05) is 0 Å². The van der Waals surface area contributed by atoms with Gasteiger partial charge in [-0.2, -0.15) is 0 Å². The van der Waals surface area contributed by atoms with Crippen LogP contribution in [0.1, 0.15) is 13.3 Å². The first-order chi connectivity index (χ1) is 9.20. The van der Waals surface area contributed by atoms with Crippen molar-refractivity contribution >= 4 is 23.0 Å². The predicted molar refractivity (Wildman–Crippen MR) is 71.9 cm³/mol. The molecule has 0 amide bonds. The van der Waals surface area contributed by atoms with Crippen molar-refractivity contribution in [3.63, 3.8) is 0 Å².